The van der Waals surface area contributed by atoms with Crippen molar-refractivity contribution in [3.8, 4) is 0 Å². The van der Waals surface area contributed by atoms with Crippen LogP contribution in [0.1, 0.15) is 104 Å². The highest BCUT2D eigenvalue weighted by Crippen LogP contribution is 2.54. The maximum Gasteiger partial charge on any atom is 0.298 e. The van der Waals surface area contributed by atoms with E-state index in [4.69, 9.17) is 4.43 Å². The van der Waals surface area contributed by atoms with E-state index in [0.717, 1.165) is 18.8 Å². The Labute approximate surface area is 153 Å². The van der Waals surface area contributed by atoms with Gasteiger partial charge < -0.3 is 4.43 Å². The molecule has 0 bridgehead atoms. The Morgan fingerprint density at radius 2 is 1.58 bits per heavy atom. The van der Waals surface area contributed by atoms with E-state index in [1.807, 2.05) is 0 Å². The van der Waals surface area contributed by atoms with Crippen LogP contribution >= 0.6 is 0 Å². The van der Waals surface area contributed by atoms with E-state index >= 15 is 0 Å². The fourth-order valence-electron chi connectivity index (χ4n) is 6.10. The highest BCUT2D eigenvalue weighted by atomic mass is 28.2. The van der Waals surface area contributed by atoms with E-state index in [1.165, 1.54) is 77.0 Å². The predicted octanol–water partition coefficient (Wildman–Crippen LogP) is 5.17. The molecule has 0 amide bonds. The molecule has 0 radical (unpaired) electrons. The quantitative estimate of drug-likeness (QED) is 0.563. The topological polar surface area (TPSA) is 26.3 Å². The average molecular weight is 353 g/mol. The summed E-state index contributed by atoms with van der Waals surface area (Å²) in [6.07, 6.45) is 17.9. The van der Waals surface area contributed by atoms with Crippen molar-refractivity contribution in [2.24, 2.45) is 23.2 Å². The lowest BCUT2D eigenvalue weighted by Gasteiger charge is -2.49. The highest BCUT2D eigenvalue weighted by molar-refractivity contribution is 6.06. The van der Waals surface area contributed by atoms with Crippen molar-refractivity contribution in [2.75, 3.05) is 0 Å². The minimum atomic E-state index is -0.172. The number of carbonyl (C=O) groups is 1. The van der Waals surface area contributed by atoms with Gasteiger partial charge in [-0.1, -0.05) is 78.1 Å². The van der Waals surface area contributed by atoms with E-state index in [2.05, 4.69) is 13.8 Å². The van der Waals surface area contributed by atoms with Gasteiger partial charge in [0.05, 0.1) is 5.41 Å². The maximum atomic E-state index is 13.3. The lowest BCUT2D eigenvalue weighted by molar-refractivity contribution is -0.160. The molecule has 0 spiro atoms. The summed E-state index contributed by atoms with van der Waals surface area (Å²) in [4.78, 5) is 13.3. The minimum absolute atomic E-state index is 0.172. The summed E-state index contributed by atoms with van der Waals surface area (Å²) in [6.45, 7) is 4.57. The van der Waals surface area contributed by atoms with Gasteiger partial charge in [0.25, 0.3) is 5.97 Å². The van der Waals surface area contributed by atoms with Gasteiger partial charge in [-0.25, -0.2) is 0 Å². The molecule has 2 nitrogen and oxygen atoms in total. The van der Waals surface area contributed by atoms with Gasteiger partial charge in [0.15, 0.2) is 0 Å². The van der Waals surface area contributed by atoms with E-state index in [9.17, 15) is 4.79 Å². The number of hydrogen-bond acceptors (Lipinski definition) is 2. The maximum absolute atomic E-state index is 13.3. The lowest BCUT2D eigenvalue weighted by atomic mass is 9.54. The molecule has 2 atom stereocenters. The summed E-state index contributed by atoms with van der Waals surface area (Å²) < 4.78 is 5.64. The molecule has 2 aliphatic rings. The van der Waals surface area contributed by atoms with Crippen molar-refractivity contribution >= 4 is 16.5 Å². The molecule has 0 N–H and O–H groups in total. The Balaban J connectivity index is 2.39. The summed E-state index contributed by atoms with van der Waals surface area (Å²) >= 11 is 0. The SMILES string of the molecule is CCCC(C1CCCCC1)C(CCC)(C(=O)O[SiH3])C1CCCCC1. The van der Waals surface area contributed by atoms with Crippen LogP contribution in [0, 0.1) is 23.2 Å². The van der Waals surface area contributed by atoms with Crippen LogP contribution in [0.15, 0.2) is 0 Å². The molecule has 0 saturated heterocycles. The summed E-state index contributed by atoms with van der Waals surface area (Å²) in [5.41, 5.74) is -0.172. The van der Waals surface area contributed by atoms with Gasteiger partial charge in [0.1, 0.15) is 0 Å². The third-order valence-corrected chi connectivity index (χ3v) is 7.41. The van der Waals surface area contributed by atoms with Gasteiger partial charge in [-0.2, -0.15) is 0 Å². The average Bonchev–Trinajstić information content (AvgIpc) is 2.65. The zero-order valence-corrected chi connectivity index (χ0v) is 18.4. The predicted molar refractivity (Wildman–Crippen MR) is 105 cm³/mol. The second-order valence-corrected chi connectivity index (χ2v) is 8.82. The molecule has 24 heavy (non-hydrogen) atoms. The second kappa shape index (κ2) is 9.99. The number of carbonyl (C=O) groups excluding carboxylic acids is 1. The first-order valence-corrected chi connectivity index (χ1v) is 11.6. The van der Waals surface area contributed by atoms with Crippen molar-refractivity contribution in [1.29, 1.82) is 0 Å². The summed E-state index contributed by atoms with van der Waals surface area (Å²) in [6, 6.07) is 0. The first kappa shape index (κ1) is 20.0. The van der Waals surface area contributed by atoms with Crippen LogP contribution in [-0.4, -0.2) is 16.5 Å². The first-order chi connectivity index (χ1) is 11.7. The molecule has 2 rings (SSSR count). The van der Waals surface area contributed by atoms with Crippen LogP contribution in [0.25, 0.3) is 0 Å². The zero-order valence-electron chi connectivity index (χ0n) is 16.4. The number of hydrogen-bond donors (Lipinski definition) is 0. The smallest absolute Gasteiger partial charge is 0.298 e. The molecule has 0 heterocycles. The van der Waals surface area contributed by atoms with Crippen LogP contribution < -0.4 is 0 Å². The Hall–Kier alpha value is -0.313. The Bertz CT molecular complexity index is 372. The summed E-state index contributed by atoms with van der Waals surface area (Å²) in [5, 5.41) is 0. The summed E-state index contributed by atoms with van der Waals surface area (Å²) in [5.74, 6) is 2.08. The lowest BCUT2D eigenvalue weighted by Crippen LogP contribution is -2.49. The van der Waals surface area contributed by atoms with Crippen molar-refractivity contribution in [3.63, 3.8) is 0 Å². The van der Waals surface area contributed by atoms with Crippen LogP contribution in [0.2, 0.25) is 0 Å². The van der Waals surface area contributed by atoms with Gasteiger partial charge in [0, 0.05) is 0 Å². The van der Waals surface area contributed by atoms with Crippen molar-refractivity contribution in [3.05, 3.63) is 0 Å². The van der Waals surface area contributed by atoms with E-state index in [1.54, 1.807) is 0 Å². The standard InChI is InChI=1S/C21H40O2Si/c1-3-11-19(17-12-7-5-8-13-17)21(16-4-2,20(22)23-24)18-14-9-6-10-15-18/h17-19H,3-16H2,1-2,24H3. The molecule has 2 aliphatic carbocycles. The Morgan fingerprint density at radius 1 is 1.00 bits per heavy atom. The molecule has 2 fully saturated rings. The molecule has 0 aromatic heterocycles. The van der Waals surface area contributed by atoms with Crippen LogP contribution in [0.4, 0.5) is 0 Å². The third kappa shape index (κ3) is 4.26. The molecule has 0 aromatic carbocycles. The van der Waals surface area contributed by atoms with Gasteiger partial charge in [-0.3, -0.25) is 4.79 Å². The van der Waals surface area contributed by atoms with Gasteiger partial charge in [0.2, 0.25) is 10.5 Å². The van der Waals surface area contributed by atoms with E-state index in [-0.39, 0.29) is 11.4 Å². The molecule has 3 heteroatoms. The Kier molecular flexibility index (Phi) is 8.32. The van der Waals surface area contributed by atoms with Crippen molar-refractivity contribution in [1.82, 2.24) is 0 Å². The fourth-order valence-corrected chi connectivity index (χ4v) is 6.48. The molecule has 2 saturated carbocycles. The van der Waals surface area contributed by atoms with Crippen molar-refractivity contribution < 1.29 is 9.22 Å². The van der Waals surface area contributed by atoms with E-state index in [0.29, 0.717) is 22.3 Å². The van der Waals surface area contributed by atoms with E-state index < -0.39 is 0 Å². The molecular formula is C21H40O2Si. The van der Waals surface area contributed by atoms with Gasteiger partial charge in [-0.05, 0) is 43.4 Å². The zero-order chi connectivity index (χ0) is 17.4. The second-order valence-electron chi connectivity index (χ2n) is 8.41. The molecule has 0 aromatic rings. The molecule has 0 aliphatic heterocycles. The molecular weight excluding hydrogens is 312 g/mol. The van der Waals surface area contributed by atoms with Gasteiger partial charge in [-0.15, -0.1) is 0 Å². The minimum Gasteiger partial charge on any atom is -0.528 e. The van der Waals surface area contributed by atoms with Crippen LogP contribution in [0.5, 0.6) is 0 Å². The van der Waals surface area contributed by atoms with Gasteiger partial charge >= 0.3 is 0 Å². The third-order valence-electron chi connectivity index (χ3n) is 7.04. The fraction of sp³-hybridized carbons (Fsp3) is 0.952. The molecule has 140 valence electrons. The van der Waals surface area contributed by atoms with Crippen LogP contribution in [0.3, 0.4) is 0 Å². The van der Waals surface area contributed by atoms with Crippen LogP contribution in [-0.2, 0) is 9.22 Å². The van der Waals surface area contributed by atoms with Crippen molar-refractivity contribution in [2.45, 2.75) is 104 Å². The molecule has 2 unspecified atom stereocenters. The normalized spacial score (nSPS) is 24.4. The highest BCUT2D eigenvalue weighted by Gasteiger charge is 2.52. The first-order valence-electron chi connectivity index (χ1n) is 10.8. The summed E-state index contributed by atoms with van der Waals surface area (Å²) in [7, 11) is 0.545. The number of rotatable bonds is 8. The Morgan fingerprint density at radius 3 is 2.08 bits per heavy atom. The monoisotopic (exact) mass is 352 g/mol. The largest absolute Gasteiger partial charge is 0.528 e.